The number of ether oxygens (including phenoxy) is 1. The SMILES string of the molecule is O=C(CCSCC(NC(=O)OCc1ccccc1)C(=O)O)Nc1ccccc1. The predicted octanol–water partition coefficient (Wildman–Crippen LogP) is 3.13. The van der Waals surface area contributed by atoms with Gasteiger partial charge in [-0.3, -0.25) is 4.79 Å². The van der Waals surface area contributed by atoms with Crippen LogP contribution in [0.4, 0.5) is 10.5 Å². The minimum absolute atomic E-state index is 0.0613. The Morgan fingerprint density at radius 3 is 2.29 bits per heavy atom. The van der Waals surface area contributed by atoms with Crippen molar-refractivity contribution >= 4 is 35.4 Å². The van der Waals surface area contributed by atoms with Crippen molar-refractivity contribution < 1.29 is 24.2 Å². The number of amides is 2. The fourth-order valence-electron chi connectivity index (χ4n) is 2.19. The first-order chi connectivity index (χ1) is 13.5. The second-order valence-electron chi connectivity index (χ2n) is 5.84. The first-order valence-corrected chi connectivity index (χ1v) is 9.82. The number of carboxylic acid groups (broad SMARTS) is 1. The molecule has 28 heavy (non-hydrogen) atoms. The van der Waals surface area contributed by atoms with Crippen molar-refractivity contribution in [1.29, 1.82) is 0 Å². The Hall–Kier alpha value is -3.00. The summed E-state index contributed by atoms with van der Waals surface area (Å²) in [5.74, 6) is -0.740. The van der Waals surface area contributed by atoms with Crippen molar-refractivity contribution in [2.45, 2.75) is 19.1 Å². The van der Waals surface area contributed by atoms with E-state index >= 15 is 0 Å². The molecule has 0 aliphatic rings. The van der Waals surface area contributed by atoms with Crippen LogP contribution in [0.15, 0.2) is 60.7 Å². The molecule has 0 bridgehead atoms. The zero-order valence-electron chi connectivity index (χ0n) is 15.2. The third kappa shape index (κ3) is 8.13. The number of carboxylic acids is 1. The van der Waals surface area contributed by atoms with Gasteiger partial charge in [-0.15, -0.1) is 0 Å². The molecule has 1 atom stereocenters. The number of aliphatic carboxylic acids is 1. The van der Waals surface area contributed by atoms with Gasteiger partial charge in [0.15, 0.2) is 0 Å². The molecule has 0 aliphatic carbocycles. The van der Waals surface area contributed by atoms with E-state index in [0.717, 1.165) is 5.56 Å². The molecule has 8 heteroatoms. The smallest absolute Gasteiger partial charge is 0.408 e. The Kier molecular flexibility index (Phi) is 8.87. The van der Waals surface area contributed by atoms with Crippen molar-refractivity contribution in [2.75, 3.05) is 16.8 Å². The number of hydrogen-bond acceptors (Lipinski definition) is 5. The van der Waals surface area contributed by atoms with Crippen LogP contribution < -0.4 is 10.6 Å². The highest BCUT2D eigenvalue weighted by molar-refractivity contribution is 7.99. The number of rotatable bonds is 10. The van der Waals surface area contributed by atoms with Gasteiger partial charge >= 0.3 is 12.1 Å². The van der Waals surface area contributed by atoms with Crippen LogP contribution in [0.2, 0.25) is 0 Å². The number of alkyl carbamates (subject to hydrolysis) is 1. The van der Waals surface area contributed by atoms with Crippen LogP contribution in [0.3, 0.4) is 0 Å². The maximum absolute atomic E-state index is 11.9. The van der Waals surface area contributed by atoms with Gasteiger partial charge in [-0.2, -0.15) is 11.8 Å². The van der Waals surface area contributed by atoms with E-state index in [0.29, 0.717) is 11.4 Å². The molecular formula is C20H22N2O5S. The summed E-state index contributed by atoms with van der Waals surface area (Å²) in [6.07, 6.45) is -0.552. The summed E-state index contributed by atoms with van der Waals surface area (Å²) in [6.45, 7) is 0.0613. The summed E-state index contributed by atoms with van der Waals surface area (Å²) in [7, 11) is 0. The largest absolute Gasteiger partial charge is 0.480 e. The zero-order chi connectivity index (χ0) is 20.2. The normalized spacial score (nSPS) is 11.3. The van der Waals surface area contributed by atoms with Gasteiger partial charge in [0.05, 0.1) is 0 Å². The maximum Gasteiger partial charge on any atom is 0.408 e. The number of carbonyl (C=O) groups excluding carboxylic acids is 2. The molecule has 0 saturated heterocycles. The fraction of sp³-hybridized carbons (Fsp3) is 0.250. The number of para-hydroxylation sites is 1. The number of hydrogen-bond donors (Lipinski definition) is 3. The van der Waals surface area contributed by atoms with Gasteiger partial charge in [0.1, 0.15) is 12.6 Å². The van der Waals surface area contributed by atoms with Crippen LogP contribution in [-0.4, -0.2) is 40.6 Å². The topological polar surface area (TPSA) is 105 Å². The molecule has 2 rings (SSSR count). The second-order valence-corrected chi connectivity index (χ2v) is 6.99. The van der Waals surface area contributed by atoms with E-state index in [1.807, 2.05) is 36.4 Å². The summed E-state index contributed by atoms with van der Waals surface area (Å²) < 4.78 is 5.03. The molecule has 0 fully saturated rings. The lowest BCUT2D eigenvalue weighted by molar-refractivity contribution is -0.138. The van der Waals surface area contributed by atoms with Crippen LogP contribution in [-0.2, 0) is 20.9 Å². The lowest BCUT2D eigenvalue weighted by atomic mass is 10.2. The van der Waals surface area contributed by atoms with Crippen molar-refractivity contribution in [1.82, 2.24) is 5.32 Å². The van der Waals surface area contributed by atoms with Crippen molar-refractivity contribution in [2.24, 2.45) is 0 Å². The van der Waals surface area contributed by atoms with Crippen LogP contribution in [0.5, 0.6) is 0 Å². The van der Waals surface area contributed by atoms with Gasteiger partial charge in [-0.05, 0) is 17.7 Å². The van der Waals surface area contributed by atoms with Crippen molar-refractivity contribution in [3.8, 4) is 0 Å². The third-order valence-electron chi connectivity index (χ3n) is 3.62. The highest BCUT2D eigenvalue weighted by atomic mass is 32.2. The lowest BCUT2D eigenvalue weighted by Gasteiger charge is -2.14. The highest BCUT2D eigenvalue weighted by Crippen LogP contribution is 2.09. The highest BCUT2D eigenvalue weighted by Gasteiger charge is 2.20. The summed E-state index contributed by atoms with van der Waals surface area (Å²) in [4.78, 5) is 35.0. The van der Waals surface area contributed by atoms with Gasteiger partial charge < -0.3 is 20.5 Å². The molecule has 0 spiro atoms. The quantitative estimate of drug-likeness (QED) is 0.528. The summed E-state index contributed by atoms with van der Waals surface area (Å²) in [6, 6.07) is 17.1. The molecule has 1 unspecified atom stereocenters. The number of thioether (sulfide) groups is 1. The molecule has 2 aromatic rings. The molecule has 0 aliphatic heterocycles. The molecule has 0 aromatic heterocycles. The monoisotopic (exact) mass is 402 g/mol. The first-order valence-electron chi connectivity index (χ1n) is 8.67. The summed E-state index contributed by atoms with van der Waals surface area (Å²) in [5.41, 5.74) is 1.52. The first kappa shape index (κ1) is 21.3. The molecule has 3 N–H and O–H groups in total. The standard InChI is InChI=1S/C20H22N2O5S/c23-18(21-16-9-5-2-6-10-16)11-12-28-14-17(19(24)25)22-20(26)27-13-15-7-3-1-4-8-15/h1-10,17H,11-14H2,(H,21,23)(H,22,26)(H,24,25). The van der Waals surface area contributed by atoms with E-state index in [1.54, 1.807) is 24.3 Å². The molecule has 148 valence electrons. The molecule has 0 saturated carbocycles. The molecule has 7 nitrogen and oxygen atoms in total. The van der Waals surface area contributed by atoms with E-state index in [2.05, 4.69) is 10.6 Å². The van der Waals surface area contributed by atoms with E-state index in [9.17, 15) is 19.5 Å². The lowest BCUT2D eigenvalue weighted by Crippen LogP contribution is -2.42. The van der Waals surface area contributed by atoms with E-state index in [1.165, 1.54) is 11.8 Å². The Balaban J connectivity index is 1.67. The Morgan fingerprint density at radius 1 is 1.00 bits per heavy atom. The van der Waals surface area contributed by atoms with Gasteiger partial charge in [0.2, 0.25) is 5.91 Å². The average molecular weight is 402 g/mol. The van der Waals surface area contributed by atoms with E-state index in [4.69, 9.17) is 4.74 Å². The van der Waals surface area contributed by atoms with Crippen LogP contribution >= 0.6 is 11.8 Å². The number of anilines is 1. The van der Waals surface area contributed by atoms with E-state index < -0.39 is 18.1 Å². The van der Waals surface area contributed by atoms with Crippen molar-refractivity contribution in [3.05, 3.63) is 66.2 Å². The Labute approximate surface area is 167 Å². The number of nitrogens with one attached hydrogen (secondary N) is 2. The Morgan fingerprint density at radius 2 is 1.64 bits per heavy atom. The molecular weight excluding hydrogens is 380 g/mol. The second kappa shape index (κ2) is 11.7. The minimum Gasteiger partial charge on any atom is -0.480 e. The number of carbonyl (C=O) groups is 3. The van der Waals surface area contributed by atoms with Crippen molar-refractivity contribution in [3.63, 3.8) is 0 Å². The summed E-state index contributed by atoms with van der Waals surface area (Å²) >= 11 is 1.27. The van der Waals surface area contributed by atoms with Gasteiger partial charge in [0, 0.05) is 23.6 Å². The number of benzene rings is 2. The van der Waals surface area contributed by atoms with Gasteiger partial charge in [0.25, 0.3) is 0 Å². The summed E-state index contributed by atoms with van der Waals surface area (Å²) in [5, 5.41) is 14.3. The third-order valence-corrected chi connectivity index (χ3v) is 4.68. The fourth-order valence-corrected chi connectivity index (χ4v) is 3.15. The minimum atomic E-state index is -1.15. The predicted molar refractivity (Wildman–Crippen MR) is 108 cm³/mol. The average Bonchev–Trinajstić information content (AvgIpc) is 2.70. The van der Waals surface area contributed by atoms with Crippen LogP contribution in [0.25, 0.3) is 0 Å². The van der Waals surface area contributed by atoms with E-state index in [-0.39, 0.29) is 24.7 Å². The van der Waals surface area contributed by atoms with Gasteiger partial charge in [-0.25, -0.2) is 9.59 Å². The van der Waals surface area contributed by atoms with Crippen LogP contribution in [0.1, 0.15) is 12.0 Å². The molecule has 0 radical (unpaired) electrons. The zero-order valence-corrected chi connectivity index (χ0v) is 16.0. The van der Waals surface area contributed by atoms with Gasteiger partial charge in [-0.1, -0.05) is 48.5 Å². The maximum atomic E-state index is 11.9. The molecule has 2 aromatic carbocycles. The molecule has 0 heterocycles. The molecule has 2 amide bonds. The Bertz CT molecular complexity index is 771. The van der Waals surface area contributed by atoms with Crippen LogP contribution in [0, 0.1) is 0 Å².